The highest BCUT2D eigenvalue weighted by Gasteiger charge is 2.07. The Hall–Kier alpha value is -1.26. The fourth-order valence-corrected chi connectivity index (χ4v) is 1.38. The lowest BCUT2D eigenvalue weighted by Gasteiger charge is -2.17. The van der Waals surface area contributed by atoms with Crippen LogP contribution in [0.4, 0.5) is 0 Å². The molecule has 0 unspecified atom stereocenters. The summed E-state index contributed by atoms with van der Waals surface area (Å²) in [5.74, 6) is 0.696. The van der Waals surface area contributed by atoms with Crippen molar-refractivity contribution in [3.63, 3.8) is 0 Å². The van der Waals surface area contributed by atoms with E-state index in [1.165, 1.54) is 0 Å². The number of carbonyl (C=O) groups excluding carboxylic acids is 1. The first kappa shape index (κ1) is 14.8. The third-order valence-electron chi connectivity index (χ3n) is 2.36. The van der Waals surface area contributed by atoms with Gasteiger partial charge in [-0.05, 0) is 31.2 Å². The Labute approximate surface area is 112 Å². The largest absolute Gasteiger partial charge is 0.492 e. The third-order valence-corrected chi connectivity index (χ3v) is 2.62. The zero-order valence-electron chi connectivity index (χ0n) is 10.7. The summed E-state index contributed by atoms with van der Waals surface area (Å²) in [4.78, 5) is 13.1. The number of nitrogens with zero attached hydrogens (tertiary/aromatic N) is 1. The number of amides is 1. The Kier molecular flexibility index (Phi) is 6.54. The molecule has 0 radical (unpaired) electrons. The zero-order valence-corrected chi connectivity index (χ0v) is 11.4. The first-order chi connectivity index (χ1) is 8.63. The fraction of sp³-hybridized carbons (Fsp3) is 0.462. The number of carbonyl (C=O) groups is 1. The van der Waals surface area contributed by atoms with E-state index in [1.807, 2.05) is 6.92 Å². The highest BCUT2D eigenvalue weighted by Crippen LogP contribution is 2.15. The molecule has 0 atom stereocenters. The summed E-state index contributed by atoms with van der Waals surface area (Å²) < 4.78 is 10.5. The number of likely N-dealkylation sites (N-methyl/N-ethyl adjacent to an activating group) is 1. The van der Waals surface area contributed by atoms with Gasteiger partial charge in [-0.3, -0.25) is 4.79 Å². The molecule has 1 aromatic rings. The van der Waals surface area contributed by atoms with Crippen LogP contribution < -0.4 is 4.74 Å². The maximum atomic E-state index is 11.5. The molecule has 1 rings (SSSR count). The molecule has 100 valence electrons. The molecular weight excluding hydrogens is 254 g/mol. The second-order valence-corrected chi connectivity index (χ2v) is 4.19. The smallest absolute Gasteiger partial charge is 0.248 e. The second-order valence-electron chi connectivity index (χ2n) is 3.75. The Morgan fingerprint density at radius 2 is 2.00 bits per heavy atom. The molecule has 0 N–H and O–H groups in total. The predicted molar refractivity (Wildman–Crippen MR) is 71.1 cm³/mol. The molecule has 5 heteroatoms. The summed E-state index contributed by atoms with van der Waals surface area (Å²) in [6.45, 7) is 3.48. The summed E-state index contributed by atoms with van der Waals surface area (Å²) in [6, 6.07) is 7.12. The van der Waals surface area contributed by atoms with Gasteiger partial charge in [0.25, 0.3) is 0 Å². The van der Waals surface area contributed by atoms with Crippen LogP contribution in [0.15, 0.2) is 24.3 Å². The molecule has 0 saturated heterocycles. The molecule has 1 amide bonds. The summed E-state index contributed by atoms with van der Waals surface area (Å²) in [7, 11) is 1.73. The second kappa shape index (κ2) is 7.95. The standard InChI is InChI=1S/C13H18ClNO3/c1-3-17-10-13(16)15(2)8-9-18-12-6-4-11(14)5-7-12/h4-7H,3,8-10H2,1-2H3. The van der Waals surface area contributed by atoms with Crippen LogP contribution in [0.2, 0.25) is 5.02 Å². The van der Waals surface area contributed by atoms with Crippen LogP contribution in [0.5, 0.6) is 5.75 Å². The van der Waals surface area contributed by atoms with Gasteiger partial charge in [-0.15, -0.1) is 0 Å². The predicted octanol–water partition coefficient (Wildman–Crippen LogP) is 2.21. The number of benzene rings is 1. The number of hydrogen-bond donors (Lipinski definition) is 0. The molecule has 1 aromatic carbocycles. The van der Waals surface area contributed by atoms with E-state index < -0.39 is 0 Å². The van der Waals surface area contributed by atoms with Crippen molar-refractivity contribution in [1.82, 2.24) is 4.90 Å². The molecule has 0 aliphatic carbocycles. The van der Waals surface area contributed by atoms with E-state index in [2.05, 4.69) is 0 Å². The lowest BCUT2D eigenvalue weighted by Crippen LogP contribution is -2.33. The Morgan fingerprint density at radius 1 is 1.33 bits per heavy atom. The average molecular weight is 272 g/mol. The normalized spacial score (nSPS) is 10.2. The van der Waals surface area contributed by atoms with E-state index in [-0.39, 0.29) is 12.5 Å². The van der Waals surface area contributed by atoms with E-state index in [0.717, 1.165) is 5.75 Å². The van der Waals surface area contributed by atoms with E-state index in [4.69, 9.17) is 21.1 Å². The van der Waals surface area contributed by atoms with Gasteiger partial charge in [-0.1, -0.05) is 11.6 Å². The lowest BCUT2D eigenvalue weighted by atomic mass is 10.3. The minimum atomic E-state index is -0.0449. The van der Waals surface area contributed by atoms with Gasteiger partial charge in [0.2, 0.25) is 5.91 Å². The van der Waals surface area contributed by atoms with Crippen molar-refractivity contribution < 1.29 is 14.3 Å². The molecule has 0 aromatic heterocycles. The van der Waals surface area contributed by atoms with Crippen molar-refractivity contribution in [3.8, 4) is 5.75 Å². The van der Waals surface area contributed by atoms with Crippen LogP contribution in [0.3, 0.4) is 0 Å². The number of ether oxygens (including phenoxy) is 2. The van der Waals surface area contributed by atoms with Gasteiger partial charge in [0.15, 0.2) is 0 Å². The maximum absolute atomic E-state index is 11.5. The Morgan fingerprint density at radius 3 is 2.61 bits per heavy atom. The fourth-order valence-electron chi connectivity index (χ4n) is 1.26. The number of rotatable bonds is 7. The van der Waals surface area contributed by atoms with Crippen LogP contribution in [-0.2, 0) is 9.53 Å². The highest BCUT2D eigenvalue weighted by atomic mass is 35.5. The van der Waals surface area contributed by atoms with Crippen molar-refractivity contribution >= 4 is 17.5 Å². The van der Waals surface area contributed by atoms with Crippen molar-refractivity contribution in [2.75, 3.05) is 33.4 Å². The summed E-state index contributed by atoms with van der Waals surface area (Å²) in [5.41, 5.74) is 0. The van der Waals surface area contributed by atoms with Gasteiger partial charge in [0.1, 0.15) is 19.0 Å². The van der Waals surface area contributed by atoms with Crippen LogP contribution in [-0.4, -0.2) is 44.2 Å². The molecular formula is C13H18ClNO3. The van der Waals surface area contributed by atoms with E-state index in [0.29, 0.717) is 24.8 Å². The van der Waals surface area contributed by atoms with Crippen LogP contribution in [0.1, 0.15) is 6.92 Å². The van der Waals surface area contributed by atoms with Gasteiger partial charge in [-0.25, -0.2) is 0 Å². The summed E-state index contributed by atoms with van der Waals surface area (Å²) in [5, 5.41) is 0.673. The van der Waals surface area contributed by atoms with Crippen molar-refractivity contribution in [2.24, 2.45) is 0 Å². The SMILES string of the molecule is CCOCC(=O)N(C)CCOc1ccc(Cl)cc1. The van der Waals surface area contributed by atoms with E-state index in [1.54, 1.807) is 36.2 Å². The van der Waals surface area contributed by atoms with Crippen molar-refractivity contribution in [2.45, 2.75) is 6.92 Å². The minimum absolute atomic E-state index is 0.0449. The maximum Gasteiger partial charge on any atom is 0.248 e. The lowest BCUT2D eigenvalue weighted by molar-refractivity contribution is -0.134. The van der Waals surface area contributed by atoms with Gasteiger partial charge >= 0.3 is 0 Å². The minimum Gasteiger partial charge on any atom is -0.492 e. The Balaban J connectivity index is 2.24. The molecule has 0 saturated carbocycles. The van der Waals surface area contributed by atoms with Gasteiger partial charge in [0, 0.05) is 18.7 Å². The quantitative estimate of drug-likeness (QED) is 0.763. The molecule has 0 aliphatic rings. The van der Waals surface area contributed by atoms with Crippen molar-refractivity contribution in [1.29, 1.82) is 0 Å². The molecule has 0 heterocycles. The van der Waals surface area contributed by atoms with Crippen LogP contribution in [0.25, 0.3) is 0 Å². The molecule has 4 nitrogen and oxygen atoms in total. The third kappa shape index (κ3) is 5.38. The molecule has 0 fully saturated rings. The van der Waals surface area contributed by atoms with Gasteiger partial charge in [0.05, 0.1) is 6.54 Å². The van der Waals surface area contributed by atoms with Crippen LogP contribution in [0, 0.1) is 0 Å². The van der Waals surface area contributed by atoms with Crippen LogP contribution >= 0.6 is 11.6 Å². The Bertz CT molecular complexity index is 367. The number of hydrogen-bond acceptors (Lipinski definition) is 3. The van der Waals surface area contributed by atoms with Crippen molar-refractivity contribution in [3.05, 3.63) is 29.3 Å². The summed E-state index contributed by atoms with van der Waals surface area (Å²) >= 11 is 5.76. The zero-order chi connectivity index (χ0) is 13.4. The van der Waals surface area contributed by atoms with E-state index >= 15 is 0 Å². The molecule has 0 spiro atoms. The number of halogens is 1. The highest BCUT2D eigenvalue weighted by molar-refractivity contribution is 6.30. The first-order valence-electron chi connectivity index (χ1n) is 5.83. The topological polar surface area (TPSA) is 38.8 Å². The average Bonchev–Trinajstić information content (AvgIpc) is 2.38. The molecule has 18 heavy (non-hydrogen) atoms. The first-order valence-corrected chi connectivity index (χ1v) is 6.21. The summed E-state index contributed by atoms with van der Waals surface area (Å²) in [6.07, 6.45) is 0. The molecule has 0 bridgehead atoms. The van der Waals surface area contributed by atoms with Gasteiger partial charge in [-0.2, -0.15) is 0 Å². The molecule has 0 aliphatic heterocycles. The monoisotopic (exact) mass is 271 g/mol. The van der Waals surface area contributed by atoms with E-state index in [9.17, 15) is 4.79 Å². The van der Waals surface area contributed by atoms with Gasteiger partial charge < -0.3 is 14.4 Å².